The second kappa shape index (κ2) is 2.64. The Kier molecular flexibility index (Phi) is 1.85. The highest BCUT2D eigenvalue weighted by Gasteiger charge is 1.98. The van der Waals surface area contributed by atoms with Crippen molar-refractivity contribution < 1.29 is 4.52 Å². The van der Waals surface area contributed by atoms with Crippen LogP contribution in [0.3, 0.4) is 0 Å². The van der Waals surface area contributed by atoms with E-state index in [1.54, 1.807) is 6.20 Å². The molecule has 0 aromatic carbocycles. The molecule has 0 aliphatic heterocycles. The molecule has 1 aromatic heterocycles. The zero-order valence-corrected chi connectivity index (χ0v) is 5.64. The monoisotopic (exact) mass is 126 g/mol. The van der Waals surface area contributed by atoms with Gasteiger partial charge in [0.2, 0.25) is 0 Å². The first-order chi connectivity index (χ1) is 4.34. The zero-order valence-electron chi connectivity index (χ0n) is 5.64. The van der Waals surface area contributed by atoms with E-state index in [1.807, 2.05) is 14.0 Å². The fourth-order valence-corrected chi connectivity index (χ4v) is 0.679. The van der Waals surface area contributed by atoms with Crippen LogP contribution < -0.4 is 5.32 Å². The lowest BCUT2D eigenvalue weighted by Gasteiger charge is -1.91. The van der Waals surface area contributed by atoms with Crippen molar-refractivity contribution in [2.24, 2.45) is 0 Å². The Bertz CT molecular complexity index is 183. The average molecular weight is 126 g/mol. The summed E-state index contributed by atoms with van der Waals surface area (Å²) in [5.41, 5.74) is 1.12. The van der Waals surface area contributed by atoms with Crippen LogP contribution in [0.15, 0.2) is 10.7 Å². The summed E-state index contributed by atoms with van der Waals surface area (Å²) in [6.07, 6.45) is 1.73. The highest BCUT2D eigenvalue weighted by molar-refractivity contribution is 5.10. The van der Waals surface area contributed by atoms with Crippen LogP contribution in [-0.2, 0) is 6.54 Å². The van der Waals surface area contributed by atoms with Crippen LogP contribution in [0.4, 0.5) is 0 Å². The minimum atomic E-state index is 0.829. The average Bonchev–Trinajstić information content (AvgIpc) is 2.18. The lowest BCUT2D eigenvalue weighted by molar-refractivity contribution is 0.396. The van der Waals surface area contributed by atoms with Crippen molar-refractivity contribution in [1.82, 2.24) is 10.5 Å². The van der Waals surface area contributed by atoms with Gasteiger partial charge in [-0.3, -0.25) is 0 Å². The molecular formula is C6H10N2O. The highest BCUT2D eigenvalue weighted by Crippen LogP contribution is 2.03. The quantitative estimate of drug-likeness (QED) is 0.634. The third-order valence-electron chi connectivity index (χ3n) is 1.22. The molecule has 0 aliphatic rings. The van der Waals surface area contributed by atoms with E-state index in [-0.39, 0.29) is 0 Å². The Morgan fingerprint density at radius 1 is 1.78 bits per heavy atom. The van der Waals surface area contributed by atoms with Crippen LogP contribution in [0, 0.1) is 6.92 Å². The fraction of sp³-hybridized carbons (Fsp3) is 0.500. The van der Waals surface area contributed by atoms with Gasteiger partial charge in [0.25, 0.3) is 0 Å². The molecule has 3 heteroatoms. The number of hydrogen-bond acceptors (Lipinski definition) is 3. The molecule has 50 valence electrons. The molecule has 0 unspecified atom stereocenters. The first kappa shape index (κ1) is 6.29. The molecule has 3 nitrogen and oxygen atoms in total. The molecule has 0 fully saturated rings. The Morgan fingerprint density at radius 3 is 3.00 bits per heavy atom. The molecule has 1 aromatic rings. The third-order valence-corrected chi connectivity index (χ3v) is 1.22. The molecule has 0 bridgehead atoms. The standard InChI is InChI=1S/C6H10N2O/c1-5-6(3-7-2)4-8-9-5/h4,7H,3H2,1-2H3. The van der Waals surface area contributed by atoms with Crippen LogP contribution in [0.1, 0.15) is 11.3 Å². The van der Waals surface area contributed by atoms with Gasteiger partial charge in [-0.25, -0.2) is 0 Å². The summed E-state index contributed by atoms with van der Waals surface area (Å²) in [5, 5.41) is 6.64. The van der Waals surface area contributed by atoms with Crippen LogP contribution in [-0.4, -0.2) is 12.2 Å². The topological polar surface area (TPSA) is 38.1 Å². The molecule has 0 amide bonds. The second-order valence-electron chi connectivity index (χ2n) is 1.94. The largest absolute Gasteiger partial charge is 0.361 e. The Labute approximate surface area is 54.0 Å². The predicted octanol–water partition coefficient (Wildman–Crippen LogP) is 0.702. The van der Waals surface area contributed by atoms with Crippen molar-refractivity contribution in [2.75, 3.05) is 7.05 Å². The van der Waals surface area contributed by atoms with Crippen LogP contribution in [0.25, 0.3) is 0 Å². The molecular weight excluding hydrogens is 116 g/mol. The van der Waals surface area contributed by atoms with E-state index >= 15 is 0 Å². The van der Waals surface area contributed by atoms with Gasteiger partial charge in [0.15, 0.2) is 0 Å². The van der Waals surface area contributed by atoms with Gasteiger partial charge < -0.3 is 9.84 Å². The highest BCUT2D eigenvalue weighted by atomic mass is 16.5. The maximum atomic E-state index is 4.83. The van der Waals surface area contributed by atoms with Gasteiger partial charge in [0.05, 0.1) is 6.20 Å². The Balaban J connectivity index is 2.69. The minimum Gasteiger partial charge on any atom is -0.361 e. The van der Waals surface area contributed by atoms with E-state index in [4.69, 9.17) is 4.52 Å². The van der Waals surface area contributed by atoms with Crippen molar-refractivity contribution in [1.29, 1.82) is 0 Å². The Morgan fingerprint density at radius 2 is 2.56 bits per heavy atom. The molecule has 1 heterocycles. The van der Waals surface area contributed by atoms with Gasteiger partial charge in [0, 0.05) is 12.1 Å². The maximum absolute atomic E-state index is 4.83. The smallest absolute Gasteiger partial charge is 0.138 e. The van der Waals surface area contributed by atoms with Crippen molar-refractivity contribution in [3.63, 3.8) is 0 Å². The van der Waals surface area contributed by atoms with Crippen molar-refractivity contribution >= 4 is 0 Å². The number of aryl methyl sites for hydroxylation is 1. The van der Waals surface area contributed by atoms with Gasteiger partial charge in [0.1, 0.15) is 5.76 Å². The first-order valence-corrected chi connectivity index (χ1v) is 2.89. The van der Waals surface area contributed by atoms with Gasteiger partial charge in [-0.15, -0.1) is 0 Å². The minimum absolute atomic E-state index is 0.829. The number of nitrogens with one attached hydrogen (secondary N) is 1. The van der Waals surface area contributed by atoms with E-state index in [9.17, 15) is 0 Å². The van der Waals surface area contributed by atoms with Crippen molar-refractivity contribution in [3.8, 4) is 0 Å². The molecule has 0 saturated heterocycles. The van der Waals surface area contributed by atoms with Gasteiger partial charge in [-0.05, 0) is 14.0 Å². The van der Waals surface area contributed by atoms with Gasteiger partial charge in [-0.1, -0.05) is 5.16 Å². The number of hydrogen-bond donors (Lipinski definition) is 1. The maximum Gasteiger partial charge on any atom is 0.138 e. The van der Waals surface area contributed by atoms with Crippen molar-refractivity contribution in [2.45, 2.75) is 13.5 Å². The number of aromatic nitrogens is 1. The summed E-state index contributed by atoms with van der Waals surface area (Å²) < 4.78 is 4.83. The molecule has 0 aliphatic carbocycles. The van der Waals surface area contributed by atoms with E-state index in [1.165, 1.54) is 0 Å². The predicted molar refractivity (Wildman–Crippen MR) is 34.0 cm³/mol. The lowest BCUT2D eigenvalue weighted by Crippen LogP contribution is -2.04. The zero-order chi connectivity index (χ0) is 6.69. The molecule has 0 atom stereocenters. The molecule has 0 saturated carbocycles. The number of rotatable bonds is 2. The number of nitrogens with zero attached hydrogens (tertiary/aromatic N) is 1. The van der Waals surface area contributed by atoms with Gasteiger partial charge >= 0.3 is 0 Å². The second-order valence-corrected chi connectivity index (χ2v) is 1.94. The molecule has 9 heavy (non-hydrogen) atoms. The molecule has 1 rings (SSSR count). The fourth-order valence-electron chi connectivity index (χ4n) is 0.679. The van der Waals surface area contributed by atoms with Crippen LogP contribution >= 0.6 is 0 Å². The molecule has 1 N–H and O–H groups in total. The lowest BCUT2D eigenvalue weighted by atomic mass is 10.3. The van der Waals surface area contributed by atoms with E-state index in [0.29, 0.717) is 0 Å². The van der Waals surface area contributed by atoms with Crippen LogP contribution in [0.5, 0.6) is 0 Å². The summed E-state index contributed by atoms with van der Waals surface area (Å²) in [4.78, 5) is 0. The summed E-state index contributed by atoms with van der Waals surface area (Å²) in [5.74, 6) is 0.893. The SMILES string of the molecule is CNCc1cnoc1C. The normalized spacial score (nSPS) is 10.0. The van der Waals surface area contributed by atoms with Gasteiger partial charge in [-0.2, -0.15) is 0 Å². The van der Waals surface area contributed by atoms with Crippen molar-refractivity contribution in [3.05, 3.63) is 17.5 Å². The van der Waals surface area contributed by atoms with E-state index in [2.05, 4.69) is 10.5 Å². The summed E-state index contributed by atoms with van der Waals surface area (Å²) in [7, 11) is 1.90. The third kappa shape index (κ3) is 1.29. The van der Waals surface area contributed by atoms with E-state index < -0.39 is 0 Å². The molecule has 0 spiro atoms. The van der Waals surface area contributed by atoms with E-state index in [0.717, 1.165) is 17.9 Å². The summed E-state index contributed by atoms with van der Waals surface area (Å²) >= 11 is 0. The Hall–Kier alpha value is -0.830. The van der Waals surface area contributed by atoms with Crippen LogP contribution in [0.2, 0.25) is 0 Å². The molecule has 0 radical (unpaired) electrons. The first-order valence-electron chi connectivity index (χ1n) is 2.89. The summed E-state index contributed by atoms with van der Waals surface area (Å²) in [6.45, 7) is 2.73. The summed E-state index contributed by atoms with van der Waals surface area (Å²) in [6, 6.07) is 0.